The van der Waals surface area contributed by atoms with E-state index in [1.165, 1.54) is 64.5 Å². The van der Waals surface area contributed by atoms with Gasteiger partial charge in [-0.3, -0.25) is 4.79 Å². The number of hydrogen-bond donors (Lipinski definition) is 0. The zero-order valence-electron chi connectivity index (χ0n) is 16.2. The van der Waals surface area contributed by atoms with E-state index < -0.39 is 5.97 Å². The normalized spacial score (nSPS) is 17.1. The number of unbranched alkanes of at least 4 members (excludes halogenated alkanes) is 6. The Balaban J connectivity index is 2.54. The molecule has 0 atom stereocenters. The SMILES string of the molecule is CCCCCC[N+]1(CCCCCC)CCN(C(=O)/C=C\C(=O)[O-])CC1. The number of carboxylic acids is 1. The molecule has 5 heteroatoms. The van der Waals surface area contributed by atoms with Crippen molar-refractivity contribution in [1.29, 1.82) is 0 Å². The molecule has 0 aromatic carbocycles. The van der Waals surface area contributed by atoms with Gasteiger partial charge < -0.3 is 19.3 Å². The van der Waals surface area contributed by atoms with Crippen molar-refractivity contribution >= 4 is 11.9 Å². The smallest absolute Gasteiger partial charge is 0.247 e. The molecule has 1 rings (SSSR count). The Kier molecular flexibility index (Phi) is 10.5. The third kappa shape index (κ3) is 8.52. The van der Waals surface area contributed by atoms with Crippen LogP contribution in [0.1, 0.15) is 65.2 Å². The average molecular weight is 353 g/mol. The van der Waals surface area contributed by atoms with E-state index >= 15 is 0 Å². The lowest BCUT2D eigenvalue weighted by Gasteiger charge is -2.45. The average Bonchev–Trinajstić information content (AvgIpc) is 2.61. The second-order valence-electron chi connectivity index (χ2n) is 7.34. The number of nitrogens with zero attached hydrogens (tertiary/aromatic N) is 2. The first-order valence-electron chi connectivity index (χ1n) is 10.1. The molecule has 0 aromatic rings. The summed E-state index contributed by atoms with van der Waals surface area (Å²) in [7, 11) is 0. The number of rotatable bonds is 12. The number of quaternary nitrogens is 1. The molecule has 0 radical (unpaired) electrons. The molecule has 0 aliphatic carbocycles. The summed E-state index contributed by atoms with van der Waals surface area (Å²) in [6, 6.07) is 0. The maximum absolute atomic E-state index is 12.1. The summed E-state index contributed by atoms with van der Waals surface area (Å²) in [6.45, 7) is 10.3. The Morgan fingerprint density at radius 2 is 1.40 bits per heavy atom. The first-order valence-corrected chi connectivity index (χ1v) is 10.1. The van der Waals surface area contributed by atoms with Gasteiger partial charge in [-0.25, -0.2) is 0 Å². The van der Waals surface area contributed by atoms with Crippen molar-refractivity contribution in [2.45, 2.75) is 65.2 Å². The van der Waals surface area contributed by atoms with E-state index in [2.05, 4.69) is 13.8 Å². The van der Waals surface area contributed by atoms with Crippen molar-refractivity contribution in [2.24, 2.45) is 0 Å². The highest BCUT2D eigenvalue weighted by Crippen LogP contribution is 2.18. The van der Waals surface area contributed by atoms with Crippen molar-refractivity contribution in [1.82, 2.24) is 4.90 Å². The summed E-state index contributed by atoms with van der Waals surface area (Å²) in [5.74, 6) is -1.53. The van der Waals surface area contributed by atoms with Crippen LogP contribution in [0.2, 0.25) is 0 Å². The molecule has 0 bridgehead atoms. The van der Waals surface area contributed by atoms with Gasteiger partial charge in [0.05, 0.1) is 45.2 Å². The van der Waals surface area contributed by atoms with Gasteiger partial charge in [-0.2, -0.15) is 0 Å². The summed E-state index contributed by atoms with van der Waals surface area (Å²) in [5.41, 5.74) is 0. The van der Waals surface area contributed by atoms with Crippen molar-refractivity contribution in [3.63, 3.8) is 0 Å². The molecule has 1 amide bonds. The van der Waals surface area contributed by atoms with Gasteiger partial charge in [0.2, 0.25) is 5.91 Å². The third-order valence-corrected chi connectivity index (χ3v) is 5.33. The Hall–Kier alpha value is -1.36. The second kappa shape index (κ2) is 12.1. The molecular weight excluding hydrogens is 316 g/mol. The van der Waals surface area contributed by atoms with Gasteiger partial charge in [0, 0.05) is 6.08 Å². The van der Waals surface area contributed by atoms with Crippen molar-refractivity contribution < 1.29 is 19.2 Å². The monoisotopic (exact) mass is 352 g/mol. The van der Waals surface area contributed by atoms with E-state index in [1.807, 2.05) is 0 Å². The molecule has 1 fully saturated rings. The van der Waals surface area contributed by atoms with Gasteiger partial charge >= 0.3 is 0 Å². The highest BCUT2D eigenvalue weighted by atomic mass is 16.4. The highest BCUT2D eigenvalue weighted by Gasteiger charge is 2.33. The minimum atomic E-state index is -1.32. The number of carbonyl (C=O) groups is 2. The van der Waals surface area contributed by atoms with Gasteiger partial charge in [-0.05, 0) is 31.8 Å². The Bertz CT molecular complexity index is 413. The first-order chi connectivity index (χ1) is 12.0. The third-order valence-electron chi connectivity index (χ3n) is 5.33. The second-order valence-corrected chi connectivity index (χ2v) is 7.34. The zero-order chi connectivity index (χ0) is 18.5. The molecular formula is C20H36N2O3. The molecule has 144 valence electrons. The summed E-state index contributed by atoms with van der Waals surface area (Å²) in [5, 5.41) is 10.5. The Labute approximate surface area is 153 Å². The summed E-state index contributed by atoms with van der Waals surface area (Å²) < 4.78 is 1.13. The van der Waals surface area contributed by atoms with Crippen LogP contribution in [0.15, 0.2) is 12.2 Å². The highest BCUT2D eigenvalue weighted by molar-refractivity contribution is 5.93. The fourth-order valence-corrected chi connectivity index (χ4v) is 3.66. The molecule has 0 unspecified atom stereocenters. The summed E-state index contributed by atoms with van der Waals surface area (Å²) in [4.78, 5) is 24.3. The maximum Gasteiger partial charge on any atom is 0.247 e. The molecule has 0 aromatic heterocycles. The minimum absolute atomic E-state index is 0.209. The summed E-state index contributed by atoms with van der Waals surface area (Å²) in [6.07, 6.45) is 12.2. The lowest BCUT2D eigenvalue weighted by Crippen LogP contribution is -2.61. The molecule has 25 heavy (non-hydrogen) atoms. The van der Waals surface area contributed by atoms with Crippen LogP contribution in [0.25, 0.3) is 0 Å². The molecule has 1 saturated heterocycles. The van der Waals surface area contributed by atoms with Crippen LogP contribution >= 0.6 is 0 Å². The number of hydrogen-bond acceptors (Lipinski definition) is 3. The number of amides is 1. The van der Waals surface area contributed by atoms with Gasteiger partial charge in [0.1, 0.15) is 0 Å². The Morgan fingerprint density at radius 1 is 0.880 bits per heavy atom. The molecule has 5 nitrogen and oxygen atoms in total. The van der Waals surface area contributed by atoms with Crippen LogP contribution in [0.3, 0.4) is 0 Å². The fraction of sp³-hybridized carbons (Fsp3) is 0.800. The van der Waals surface area contributed by atoms with Crippen molar-refractivity contribution in [2.75, 3.05) is 39.3 Å². The lowest BCUT2D eigenvalue weighted by molar-refractivity contribution is -0.932. The number of aliphatic carboxylic acids is 1. The lowest BCUT2D eigenvalue weighted by atomic mass is 10.1. The molecule has 0 spiro atoms. The largest absolute Gasteiger partial charge is 0.545 e. The van der Waals surface area contributed by atoms with Crippen LogP contribution in [-0.4, -0.2) is 60.5 Å². The van der Waals surface area contributed by atoms with E-state index in [0.717, 1.165) is 42.8 Å². The van der Waals surface area contributed by atoms with Gasteiger partial charge in [-0.15, -0.1) is 0 Å². The van der Waals surface area contributed by atoms with E-state index in [0.29, 0.717) is 0 Å². The predicted octanol–water partition coefficient (Wildman–Crippen LogP) is 2.11. The van der Waals surface area contributed by atoms with Crippen LogP contribution < -0.4 is 5.11 Å². The molecule has 0 N–H and O–H groups in total. The van der Waals surface area contributed by atoms with Gasteiger partial charge in [0.25, 0.3) is 0 Å². The van der Waals surface area contributed by atoms with Crippen LogP contribution in [0.4, 0.5) is 0 Å². The molecule has 1 heterocycles. The minimum Gasteiger partial charge on any atom is -0.545 e. The molecule has 1 aliphatic heterocycles. The van der Waals surface area contributed by atoms with Crippen molar-refractivity contribution in [3.05, 3.63) is 12.2 Å². The summed E-state index contributed by atoms with van der Waals surface area (Å²) >= 11 is 0. The van der Waals surface area contributed by atoms with E-state index in [9.17, 15) is 14.7 Å². The number of carbonyl (C=O) groups excluding carboxylic acids is 2. The van der Waals surface area contributed by atoms with Crippen LogP contribution in [-0.2, 0) is 9.59 Å². The van der Waals surface area contributed by atoms with E-state index in [4.69, 9.17) is 0 Å². The zero-order valence-corrected chi connectivity index (χ0v) is 16.2. The standard InChI is InChI=1S/C20H36N2O3/c1-3-5-7-9-15-22(16-10-8-6-4-2)17-13-21(14-18-22)19(23)11-12-20(24)25/h11-12H,3-10,13-18H2,1-2H3/b12-11-. The maximum atomic E-state index is 12.1. The Morgan fingerprint density at radius 3 is 1.84 bits per heavy atom. The quantitative estimate of drug-likeness (QED) is 0.307. The van der Waals surface area contributed by atoms with E-state index in [1.54, 1.807) is 4.90 Å². The van der Waals surface area contributed by atoms with Crippen LogP contribution in [0, 0.1) is 0 Å². The van der Waals surface area contributed by atoms with Crippen molar-refractivity contribution in [3.8, 4) is 0 Å². The molecule has 1 aliphatic rings. The van der Waals surface area contributed by atoms with Crippen LogP contribution in [0.5, 0.6) is 0 Å². The fourth-order valence-electron chi connectivity index (χ4n) is 3.66. The number of piperazine rings is 1. The predicted molar refractivity (Wildman–Crippen MR) is 98.7 cm³/mol. The topological polar surface area (TPSA) is 60.4 Å². The van der Waals surface area contributed by atoms with E-state index in [-0.39, 0.29) is 5.91 Å². The first kappa shape index (κ1) is 21.7. The van der Waals surface area contributed by atoms with Gasteiger partial charge in [0.15, 0.2) is 0 Å². The number of carboxylic acid groups (broad SMARTS) is 1. The van der Waals surface area contributed by atoms with Gasteiger partial charge in [-0.1, -0.05) is 39.5 Å². The molecule has 0 saturated carbocycles.